The van der Waals surface area contributed by atoms with Gasteiger partial charge in [-0.05, 0) is 17.7 Å². The molecule has 6 heteroatoms. The van der Waals surface area contributed by atoms with Crippen molar-refractivity contribution in [2.24, 2.45) is 0 Å². The minimum Gasteiger partial charge on any atom is -0.480 e. The summed E-state index contributed by atoms with van der Waals surface area (Å²) in [5.41, 5.74) is 0.445. The second-order valence-electron chi connectivity index (χ2n) is 3.85. The monoisotopic (exact) mass is 259 g/mol. The molecule has 0 saturated carbocycles. The quantitative estimate of drug-likeness (QED) is 0.850. The van der Waals surface area contributed by atoms with E-state index in [-0.39, 0.29) is 6.04 Å². The Hall–Kier alpha value is -1.14. The van der Waals surface area contributed by atoms with E-state index in [4.69, 9.17) is 5.11 Å². The summed E-state index contributed by atoms with van der Waals surface area (Å²) in [6.45, 7) is 0. The van der Waals surface area contributed by atoms with Gasteiger partial charge in [-0.25, -0.2) is 8.78 Å². The van der Waals surface area contributed by atoms with E-state index in [1.165, 1.54) is 23.9 Å². The van der Waals surface area contributed by atoms with Crippen LogP contribution in [0.2, 0.25) is 0 Å². The van der Waals surface area contributed by atoms with Gasteiger partial charge in [0.1, 0.15) is 17.7 Å². The molecule has 1 aliphatic rings. The molecule has 0 spiro atoms. The molecular formula is C11H11F2NO2S. The number of benzene rings is 1. The first-order valence-electron chi connectivity index (χ1n) is 5.09. The predicted molar refractivity (Wildman–Crippen MR) is 61.0 cm³/mol. The normalized spacial score (nSPS) is 24.6. The van der Waals surface area contributed by atoms with Gasteiger partial charge in [0.15, 0.2) is 0 Å². The molecule has 0 amide bonds. The van der Waals surface area contributed by atoms with Crippen LogP contribution in [0.3, 0.4) is 0 Å². The second kappa shape index (κ2) is 5.01. The Morgan fingerprint density at radius 3 is 2.53 bits per heavy atom. The van der Waals surface area contributed by atoms with Gasteiger partial charge in [-0.1, -0.05) is 0 Å². The SMILES string of the molecule is O=C(O)C1CSCC(c2cc(F)cc(F)c2)N1. The molecular weight excluding hydrogens is 248 g/mol. The molecule has 0 bridgehead atoms. The molecule has 2 unspecified atom stereocenters. The minimum atomic E-state index is -0.945. The summed E-state index contributed by atoms with van der Waals surface area (Å²) < 4.78 is 26.1. The van der Waals surface area contributed by atoms with Crippen LogP contribution in [0, 0.1) is 11.6 Å². The topological polar surface area (TPSA) is 49.3 Å². The Bertz CT molecular complexity index is 421. The van der Waals surface area contributed by atoms with Crippen LogP contribution in [0.15, 0.2) is 18.2 Å². The van der Waals surface area contributed by atoms with E-state index in [1.54, 1.807) is 0 Å². The highest BCUT2D eigenvalue weighted by Crippen LogP contribution is 2.25. The van der Waals surface area contributed by atoms with Crippen molar-refractivity contribution < 1.29 is 18.7 Å². The molecule has 2 N–H and O–H groups in total. The highest BCUT2D eigenvalue weighted by atomic mass is 32.2. The van der Waals surface area contributed by atoms with Gasteiger partial charge in [-0.15, -0.1) is 0 Å². The molecule has 3 nitrogen and oxygen atoms in total. The van der Waals surface area contributed by atoms with Gasteiger partial charge in [-0.3, -0.25) is 10.1 Å². The summed E-state index contributed by atoms with van der Waals surface area (Å²) in [6.07, 6.45) is 0. The van der Waals surface area contributed by atoms with Gasteiger partial charge in [0.05, 0.1) is 0 Å². The fourth-order valence-electron chi connectivity index (χ4n) is 1.75. The highest BCUT2D eigenvalue weighted by molar-refractivity contribution is 7.99. The van der Waals surface area contributed by atoms with Crippen LogP contribution in [0.4, 0.5) is 8.78 Å². The van der Waals surface area contributed by atoms with Crippen molar-refractivity contribution in [3.05, 3.63) is 35.4 Å². The molecule has 1 saturated heterocycles. The van der Waals surface area contributed by atoms with Crippen molar-refractivity contribution in [1.82, 2.24) is 5.32 Å². The molecule has 1 fully saturated rings. The Labute approximate surface area is 101 Å². The van der Waals surface area contributed by atoms with Crippen LogP contribution in [-0.4, -0.2) is 28.6 Å². The third-order valence-electron chi connectivity index (χ3n) is 2.56. The predicted octanol–water partition coefficient (Wildman–Crippen LogP) is 1.80. The number of thioether (sulfide) groups is 1. The van der Waals surface area contributed by atoms with Crippen molar-refractivity contribution in [3.63, 3.8) is 0 Å². The molecule has 0 aromatic heterocycles. The molecule has 2 atom stereocenters. The lowest BCUT2D eigenvalue weighted by atomic mass is 10.1. The maximum Gasteiger partial charge on any atom is 0.321 e. The van der Waals surface area contributed by atoms with E-state index < -0.39 is 23.6 Å². The highest BCUT2D eigenvalue weighted by Gasteiger charge is 2.27. The Kier molecular flexibility index (Phi) is 3.63. The van der Waals surface area contributed by atoms with Crippen LogP contribution < -0.4 is 5.32 Å². The lowest BCUT2D eigenvalue weighted by Gasteiger charge is -2.28. The molecule has 92 valence electrons. The van der Waals surface area contributed by atoms with Crippen molar-refractivity contribution in [3.8, 4) is 0 Å². The summed E-state index contributed by atoms with van der Waals surface area (Å²) in [4.78, 5) is 10.8. The van der Waals surface area contributed by atoms with Crippen LogP contribution in [0.1, 0.15) is 11.6 Å². The summed E-state index contributed by atoms with van der Waals surface area (Å²) in [6, 6.07) is 2.25. The molecule has 1 aromatic carbocycles. The van der Waals surface area contributed by atoms with Crippen molar-refractivity contribution in [2.45, 2.75) is 12.1 Å². The first-order chi connectivity index (χ1) is 8.06. The Morgan fingerprint density at radius 1 is 1.29 bits per heavy atom. The zero-order valence-electron chi connectivity index (χ0n) is 8.82. The van der Waals surface area contributed by atoms with Crippen LogP contribution in [-0.2, 0) is 4.79 Å². The van der Waals surface area contributed by atoms with E-state index in [1.807, 2.05) is 0 Å². The van der Waals surface area contributed by atoms with E-state index in [2.05, 4.69) is 5.32 Å². The number of halogens is 2. The smallest absolute Gasteiger partial charge is 0.321 e. The van der Waals surface area contributed by atoms with Gasteiger partial charge < -0.3 is 5.11 Å². The number of rotatable bonds is 2. The number of aliphatic carboxylic acids is 1. The fraction of sp³-hybridized carbons (Fsp3) is 0.364. The lowest BCUT2D eigenvalue weighted by molar-refractivity contribution is -0.139. The number of carboxylic acid groups (broad SMARTS) is 1. The van der Waals surface area contributed by atoms with Crippen LogP contribution >= 0.6 is 11.8 Å². The standard InChI is InChI=1S/C11H11F2NO2S/c12-7-1-6(2-8(13)3-7)9-4-17-5-10(14-9)11(15)16/h1-3,9-10,14H,4-5H2,(H,15,16). The number of hydrogen-bond donors (Lipinski definition) is 2. The lowest BCUT2D eigenvalue weighted by Crippen LogP contribution is -2.45. The summed E-state index contributed by atoms with van der Waals surface area (Å²) in [5.74, 6) is -1.18. The first-order valence-corrected chi connectivity index (χ1v) is 6.24. The molecule has 1 heterocycles. The van der Waals surface area contributed by atoms with Gasteiger partial charge in [0.25, 0.3) is 0 Å². The third kappa shape index (κ3) is 2.95. The number of carboxylic acids is 1. The van der Waals surface area contributed by atoms with Gasteiger partial charge in [0, 0.05) is 23.6 Å². The van der Waals surface area contributed by atoms with Gasteiger partial charge >= 0.3 is 5.97 Å². The minimum absolute atomic E-state index is 0.333. The summed E-state index contributed by atoms with van der Waals surface area (Å²) in [7, 11) is 0. The van der Waals surface area contributed by atoms with E-state index >= 15 is 0 Å². The van der Waals surface area contributed by atoms with Crippen molar-refractivity contribution in [2.75, 3.05) is 11.5 Å². The maximum atomic E-state index is 13.0. The fourth-order valence-corrected chi connectivity index (χ4v) is 2.89. The molecule has 0 radical (unpaired) electrons. The molecule has 0 aliphatic carbocycles. The first kappa shape index (κ1) is 12.3. The van der Waals surface area contributed by atoms with Crippen molar-refractivity contribution >= 4 is 17.7 Å². The van der Waals surface area contributed by atoms with Crippen molar-refractivity contribution in [1.29, 1.82) is 0 Å². The van der Waals surface area contributed by atoms with Gasteiger partial charge in [-0.2, -0.15) is 11.8 Å². The largest absolute Gasteiger partial charge is 0.480 e. The number of nitrogens with one attached hydrogen (secondary N) is 1. The molecule has 2 rings (SSSR count). The average Bonchev–Trinajstić information content (AvgIpc) is 2.28. The second-order valence-corrected chi connectivity index (χ2v) is 4.93. The maximum absolute atomic E-state index is 13.0. The van der Waals surface area contributed by atoms with E-state index in [0.717, 1.165) is 6.07 Å². The molecule has 17 heavy (non-hydrogen) atoms. The molecule has 1 aromatic rings. The number of carbonyl (C=O) groups is 1. The summed E-state index contributed by atoms with van der Waals surface area (Å²) >= 11 is 1.46. The average molecular weight is 259 g/mol. The third-order valence-corrected chi connectivity index (χ3v) is 3.69. The van der Waals surface area contributed by atoms with E-state index in [9.17, 15) is 13.6 Å². The van der Waals surface area contributed by atoms with Crippen LogP contribution in [0.25, 0.3) is 0 Å². The Balaban J connectivity index is 2.18. The molecule has 1 aliphatic heterocycles. The zero-order chi connectivity index (χ0) is 12.4. The van der Waals surface area contributed by atoms with E-state index in [0.29, 0.717) is 17.1 Å². The van der Waals surface area contributed by atoms with Gasteiger partial charge in [0.2, 0.25) is 0 Å². The zero-order valence-corrected chi connectivity index (χ0v) is 9.64. The number of hydrogen-bond acceptors (Lipinski definition) is 3. The van der Waals surface area contributed by atoms with Crippen LogP contribution in [0.5, 0.6) is 0 Å². The Morgan fingerprint density at radius 2 is 1.94 bits per heavy atom. The summed E-state index contributed by atoms with van der Waals surface area (Å²) in [5, 5.41) is 11.8.